The summed E-state index contributed by atoms with van der Waals surface area (Å²) < 4.78 is 0. The highest BCUT2D eigenvalue weighted by atomic mass is 32.1. The van der Waals surface area contributed by atoms with E-state index >= 15 is 0 Å². The lowest BCUT2D eigenvalue weighted by Gasteiger charge is -2.04. The second-order valence-electron chi connectivity index (χ2n) is 4.20. The lowest BCUT2D eigenvalue weighted by molar-refractivity contribution is 0.0702. The topological polar surface area (TPSA) is 50.2 Å². The zero-order chi connectivity index (χ0) is 11.8. The monoisotopic (exact) mass is 245 g/mol. The number of aromatic carboxylic acids is 1. The van der Waals surface area contributed by atoms with Crippen molar-refractivity contribution in [2.24, 2.45) is 0 Å². The second-order valence-corrected chi connectivity index (χ2v) is 5.23. The molecule has 1 aliphatic rings. The van der Waals surface area contributed by atoms with Gasteiger partial charge in [-0.3, -0.25) is 0 Å². The molecule has 0 aliphatic heterocycles. The zero-order valence-corrected chi connectivity index (χ0v) is 9.91. The van der Waals surface area contributed by atoms with Gasteiger partial charge in [0.15, 0.2) is 0 Å². The van der Waals surface area contributed by atoms with Crippen LogP contribution < -0.4 is 0 Å². The number of nitrogens with zero attached hydrogens (tertiary/aromatic N) is 1. The van der Waals surface area contributed by atoms with E-state index in [0.29, 0.717) is 10.8 Å². The lowest BCUT2D eigenvalue weighted by Crippen LogP contribution is -1.89. The van der Waals surface area contributed by atoms with E-state index in [9.17, 15) is 4.79 Å². The minimum absolute atomic E-state index is 0.297. The SMILES string of the molecule is O=C(O)c1cnc(-c2ccccc2C2CC2)s1. The highest BCUT2D eigenvalue weighted by Gasteiger charge is 2.26. The Hall–Kier alpha value is -1.68. The summed E-state index contributed by atoms with van der Waals surface area (Å²) in [5.74, 6) is -0.263. The third kappa shape index (κ3) is 1.96. The van der Waals surface area contributed by atoms with Crippen molar-refractivity contribution in [3.05, 3.63) is 40.9 Å². The van der Waals surface area contributed by atoms with E-state index in [-0.39, 0.29) is 0 Å². The van der Waals surface area contributed by atoms with E-state index in [4.69, 9.17) is 5.11 Å². The number of aromatic nitrogens is 1. The van der Waals surface area contributed by atoms with Crippen LogP contribution in [-0.2, 0) is 0 Å². The Morgan fingerprint density at radius 2 is 2.12 bits per heavy atom. The average molecular weight is 245 g/mol. The minimum atomic E-state index is -0.905. The van der Waals surface area contributed by atoms with Gasteiger partial charge in [0.2, 0.25) is 0 Å². The Morgan fingerprint density at radius 3 is 2.76 bits per heavy atom. The Kier molecular flexibility index (Phi) is 2.44. The Bertz CT molecular complexity index is 572. The lowest BCUT2D eigenvalue weighted by atomic mass is 10.0. The van der Waals surface area contributed by atoms with Crippen LogP contribution in [0.2, 0.25) is 0 Å². The van der Waals surface area contributed by atoms with Gasteiger partial charge in [-0.05, 0) is 24.3 Å². The minimum Gasteiger partial charge on any atom is -0.477 e. The molecule has 0 atom stereocenters. The van der Waals surface area contributed by atoms with Crippen molar-refractivity contribution in [3.63, 3.8) is 0 Å². The van der Waals surface area contributed by atoms with Crippen molar-refractivity contribution in [2.75, 3.05) is 0 Å². The van der Waals surface area contributed by atoms with Gasteiger partial charge in [0, 0.05) is 5.56 Å². The van der Waals surface area contributed by atoms with E-state index in [2.05, 4.69) is 11.1 Å². The molecule has 1 aromatic carbocycles. The molecule has 0 bridgehead atoms. The van der Waals surface area contributed by atoms with Crippen LogP contribution in [0.3, 0.4) is 0 Å². The number of thiazole rings is 1. The zero-order valence-electron chi connectivity index (χ0n) is 9.09. The molecule has 0 amide bonds. The van der Waals surface area contributed by atoms with Crippen molar-refractivity contribution in [2.45, 2.75) is 18.8 Å². The molecule has 3 nitrogen and oxygen atoms in total. The predicted octanol–water partition coefficient (Wildman–Crippen LogP) is 3.39. The maximum absolute atomic E-state index is 10.8. The molecule has 1 heterocycles. The first-order valence-corrected chi connectivity index (χ1v) is 6.36. The van der Waals surface area contributed by atoms with Crippen LogP contribution in [0.25, 0.3) is 10.6 Å². The summed E-state index contributed by atoms with van der Waals surface area (Å²) in [6, 6.07) is 8.15. The fourth-order valence-corrected chi connectivity index (χ4v) is 2.74. The van der Waals surface area contributed by atoms with Crippen LogP contribution in [0.15, 0.2) is 30.5 Å². The van der Waals surface area contributed by atoms with Crippen molar-refractivity contribution in [1.29, 1.82) is 0 Å². The normalized spacial score (nSPS) is 14.8. The second kappa shape index (κ2) is 3.96. The fraction of sp³-hybridized carbons (Fsp3) is 0.231. The van der Waals surface area contributed by atoms with Crippen molar-refractivity contribution >= 4 is 17.3 Å². The smallest absolute Gasteiger partial charge is 0.347 e. The number of hydrogen-bond donors (Lipinski definition) is 1. The molecule has 17 heavy (non-hydrogen) atoms. The summed E-state index contributed by atoms with van der Waals surface area (Å²) in [7, 11) is 0. The molecule has 0 spiro atoms. The summed E-state index contributed by atoms with van der Waals surface area (Å²) in [5.41, 5.74) is 2.39. The molecule has 0 unspecified atom stereocenters. The van der Waals surface area contributed by atoms with Crippen LogP contribution in [0, 0.1) is 0 Å². The first kappa shape index (κ1) is 10.5. The first-order chi connectivity index (χ1) is 8.25. The van der Waals surface area contributed by atoms with Gasteiger partial charge in [0.05, 0.1) is 6.20 Å². The fourth-order valence-electron chi connectivity index (χ4n) is 1.94. The molecule has 4 heteroatoms. The van der Waals surface area contributed by atoms with Crippen LogP contribution >= 0.6 is 11.3 Å². The summed E-state index contributed by atoms with van der Waals surface area (Å²) in [4.78, 5) is 15.4. The molecule has 2 aromatic rings. The molecule has 1 fully saturated rings. The average Bonchev–Trinajstić information content (AvgIpc) is 3.06. The highest BCUT2D eigenvalue weighted by molar-refractivity contribution is 7.16. The third-order valence-corrected chi connectivity index (χ3v) is 3.94. The first-order valence-electron chi connectivity index (χ1n) is 5.54. The van der Waals surface area contributed by atoms with Crippen LogP contribution in [0.4, 0.5) is 0 Å². The van der Waals surface area contributed by atoms with Gasteiger partial charge in [-0.25, -0.2) is 9.78 Å². The van der Waals surface area contributed by atoms with E-state index in [1.165, 1.54) is 35.9 Å². The molecule has 1 saturated carbocycles. The van der Waals surface area contributed by atoms with Gasteiger partial charge in [0.25, 0.3) is 0 Å². The van der Waals surface area contributed by atoms with Crippen molar-refractivity contribution in [3.8, 4) is 10.6 Å². The van der Waals surface area contributed by atoms with Crippen LogP contribution in [-0.4, -0.2) is 16.1 Å². The Morgan fingerprint density at radius 1 is 1.35 bits per heavy atom. The molecule has 86 valence electrons. The summed E-state index contributed by atoms with van der Waals surface area (Å²) in [5, 5.41) is 9.72. The van der Waals surface area contributed by atoms with Crippen LogP contribution in [0.5, 0.6) is 0 Å². The van der Waals surface area contributed by atoms with Gasteiger partial charge < -0.3 is 5.11 Å². The van der Waals surface area contributed by atoms with E-state index in [1.807, 2.05) is 18.2 Å². The summed E-state index contributed by atoms with van der Waals surface area (Å²) in [6.07, 6.45) is 3.90. The number of hydrogen-bond acceptors (Lipinski definition) is 3. The molecule has 3 rings (SSSR count). The molecule has 0 radical (unpaired) electrons. The van der Waals surface area contributed by atoms with E-state index in [0.717, 1.165) is 10.6 Å². The van der Waals surface area contributed by atoms with Gasteiger partial charge >= 0.3 is 5.97 Å². The standard InChI is InChI=1S/C13H11NO2S/c15-13(16)11-7-14-12(17-11)10-4-2-1-3-9(10)8-5-6-8/h1-4,7-8H,5-6H2,(H,15,16). The summed E-state index contributed by atoms with van der Waals surface area (Å²) in [6.45, 7) is 0. The molecule has 0 saturated heterocycles. The molecule has 1 aromatic heterocycles. The van der Waals surface area contributed by atoms with Gasteiger partial charge in [-0.2, -0.15) is 0 Å². The number of benzene rings is 1. The van der Waals surface area contributed by atoms with Gasteiger partial charge in [0.1, 0.15) is 9.88 Å². The number of carboxylic acid groups (broad SMARTS) is 1. The number of carboxylic acids is 1. The highest BCUT2D eigenvalue weighted by Crippen LogP contribution is 2.44. The molecule has 1 aliphatic carbocycles. The Labute approximate surface area is 103 Å². The number of rotatable bonds is 3. The molecule has 1 N–H and O–H groups in total. The van der Waals surface area contributed by atoms with Crippen molar-refractivity contribution in [1.82, 2.24) is 4.98 Å². The largest absolute Gasteiger partial charge is 0.477 e. The quantitative estimate of drug-likeness (QED) is 0.901. The molecular weight excluding hydrogens is 234 g/mol. The molecular formula is C13H11NO2S. The predicted molar refractivity (Wildman–Crippen MR) is 66.5 cm³/mol. The number of carbonyl (C=O) groups is 1. The summed E-state index contributed by atoms with van der Waals surface area (Å²) >= 11 is 1.24. The van der Waals surface area contributed by atoms with E-state index in [1.54, 1.807) is 0 Å². The van der Waals surface area contributed by atoms with Gasteiger partial charge in [-0.15, -0.1) is 11.3 Å². The van der Waals surface area contributed by atoms with E-state index < -0.39 is 5.97 Å². The maximum atomic E-state index is 10.8. The van der Waals surface area contributed by atoms with Gasteiger partial charge in [-0.1, -0.05) is 24.3 Å². The van der Waals surface area contributed by atoms with Crippen molar-refractivity contribution < 1.29 is 9.90 Å². The maximum Gasteiger partial charge on any atom is 0.347 e. The Balaban J connectivity index is 2.05. The third-order valence-electron chi connectivity index (χ3n) is 2.92. The van der Waals surface area contributed by atoms with Crippen LogP contribution in [0.1, 0.15) is 34.0 Å².